The number of ether oxygens (including phenoxy) is 1. The predicted molar refractivity (Wildman–Crippen MR) is 70.5 cm³/mol. The van der Waals surface area contributed by atoms with Gasteiger partial charge in [0.05, 0.1) is 18.9 Å². The lowest BCUT2D eigenvalue weighted by Crippen LogP contribution is -2.36. The van der Waals surface area contributed by atoms with Crippen molar-refractivity contribution in [1.29, 1.82) is 0 Å². The Morgan fingerprint density at radius 2 is 1.76 bits per heavy atom. The van der Waals surface area contributed by atoms with Crippen LogP contribution in [0, 0.1) is 0 Å². The first-order chi connectivity index (χ1) is 8.27. The van der Waals surface area contributed by atoms with E-state index in [9.17, 15) is 0 Å². The third-order valence-electron chi connectivity index (χ3n) is 2.60. The highest BCUT2D eigenvalue weighted by Crippen LogP contribution is 2.15. The van der Waals surface area contributed by atoms with Crippen LogP contribution < -0.4 is 4.90 Å². The van der Waals surface area contributed by atoms with Crippen LogP contribution in [-0.4, -0.2) is 36.5 Å². The summed E-state index contributed by atoms with van der Waals surface area (Å²) in [5.41, 5.74) is 1.05. The maximum Gasteiger partial charge on any atom is 0.151 e. The minimum absolute atomic E-state index is 0.441. The second kappa shape index (κ2) is 7.22. The van der Waals surface area contributed by atoms with E-state index < -0.39 is 0 Å². The van der Waals surface area contributed by atoms with E-state index >= 15 is 0 Å². The standard InChI is InChI=1S/C11H17N3O.C2H6/c1-9(2)10-3-4-11(13-12-10)14-5-7-15-8-6-14;1-2/h3-4,9H,5-8H2,1-2H3;1-2H3. The van der Waals surface area contributed by atoms with E-state index in [2.05, 4.69) is 35.0 Å². The molecule has 4 nitrogen and oxygen atoms in total. The van der Waals surface area contributed by atoms with Gasteiger partial charge in [0, 0.05) is 13.1 Å². The molecule has 0 saturated carbocycles. The molecule has 96 valence electrons. The van der Waals surface area contributed by atoms with E-state index in [1.165, 1.54) is 0 Å². The van der Waals surface area contributed by atoms with Crippen molar-refractivity contribution >= 4 is 5.82 Å². The highest BCUT2D eigenvalue weighted by atomic mass is 16.5. The Labute approximate surface area is 104 Å². The van der Waals surface area contributed by atoms with E-state index in [-0.39, 0.29) is 0 Å². The van der Waals surface area contributed by atoms with Crippen LogP contribution >= 0.6 is 0 Å². The van der Waals surface area contributed by atoms with Gasteiger partial charge in [-0.25, -0.2) is 0 Å². The van der Waals surface area contributed by atoms with Crippen LogP contribution in [0.2, 0.25) is 0 Å². The molecule has 4 heteroatoms. The molecule has 0 bridgehead atoms. The molecule has 0 spiro atoms. The maximum absolute atomic E-state index is 5.29. The molecule has 0 aliphatic carbocycles. The van der Waals surface area contributed by atoms with Crippen LogP contribution in [0.3, 0.4) is 0 Å². The maximum atomic E-state index is 5.29. The third kappa shape index (κ3) is 3.97. The first-order valence-electron chi connectivity index (χ1n) is 6.43. The first-order valence-corrected chi connectivity index (χ1v) is 6.43. The van der Waals surface area contributed by atoms with Crippen molar-refractivity contribution in [2.45, 2.75) is 33.6 Å². The van der Waals surface area contributed by atoms with Gasteiger partial charge in [-0.3, -0.25) is 0 Å². The van der Waals surface area contributed by atoms with Crippen LogP contribution in [0.5, 0.6) is 0 Å². The number of aromatic nitrogens is 2. The fourth-order valence-corrected chi connectivity index (χ4v) is 1.60. The van der Waals surface area contributed by atoms with Crippen molar-refractivity contribution in [1.82, 2.24) is 10.2 Å². The highest BCUT2D eigenvalue weighted by molar-refractivity contribution is 5.37. The van der Waals surface area contributed by atoms with E-state index in [0.717, 1.165) is 37.8 Å². The predicted octanol–water partition coefficient (Wildman–Crippen LogP) is 2.46. The van der Waals surface area contributed by atoms with Crippen molar-refractivity contribution in [2.24, 2.45) is 0 Å². The number of hydrogen-bond donors (Lipinski definition) is 0. The summed E-state index contributed by atoms with van der Waals surface area (Å²) < 4.78 is 5.29. The normalized spacial score (nSPS) is 15.5. The zero-order valence-electron chi connectivity index (χ0n) is 11.3. The lowest BCUT2D eigenvalue weighted by Gasteiger charge is -2.27. The SMILES string of the molecule is CC.CC(C)c1ccc(N2CCOCC2)nn1. The largest absolute Gasteiger partial charge is 0.378 e. The molecule has 0 radical (unpaired) electrons. The van der Waals surface area contributed by atoms with Crippen molar-refractivity contribution in [3.05, 3.63) is 17.8 Å². The Morgan fingerprint density at radius 1 is 1.12 bits per heavy atom. The molecule has 1 saturated heterocycles. The zero-order chi connectivity index (χ0) is 12.7. The summed E-state index contributed by atoms with van der Waals surface area (Å²) in [4.78, 5) is 2.21. The summed E-state index contributed by atoms with van der Waals surface area (Å²) in [6.45, 7) is 11.6. The van der Waals surface area contributed by atoms with Crippen LogP contribution in [0.1, 0.15) is 39.3 Å². The van der Waals surface area contributed by atoms with Gasteiger partial charge in [0.15, 0.2) is 5.82 Å². The lowest BCUT2D eigenvalue weighted by molar-refractivity contribution is 0.122. The lowest BCUT2D eigenvalue weighted by atomic mass is 10.1. The fraction of sp³-hybridized carbons (Fsp3) is 0.692. The number of nitrogens with zero attached hydrogens (tertiary/aromatic N) is 3. The Morgan fingerprint density at radius 3 is 2.24 bits per heavy atom. The van der Waals surface area contributed by atoms with Gasteiger partial charge in [0.25, 0.3) is 0 Å². The summed E-state index contributed by atoms with van der Waals surface area (Å²) in [5, 5.41) is 8.46. The number of anilines is 1. The number of rotatable bonds is 2. The second-order valence-corrected chi connectivity index (χ2v) is 4.07. The average Bonchev–Trinajstić information content (AvgIpc) is 2.42. The molecule has 0 unspecified atom stereocenters. The molecule has 2 heterocycles. The van der Waals surface area contributed by atoms with Crippen LogP contribution in [0.25, 0.3) is 0 Å². The van der Waals surface area contributed by atoms with Crippen molar-refractivity contribution in [3.63, 3.8) is 0 Å². The third-order valence-corrected chi connectivity index (χ3v) is 2.60. The van der Waals surface area contributed by atoms with E-state index in [1.807, 2.05) is 19.9 Å². The zero-order valence-corrected chi connectivity index (χ0v) is 11.3. The van der Waals surface area contributed by atoms with Gasteiger partial charge in [-0.1, -0.05) is 27.7 Å². The molecule has 1 aromatic rings. The fourth-order valence-electron chi connectivity index (χ4n) is 1.60. The molecular weight excluding hydrogens is 214 g/mol. The van der Waals surface area contributed by atoms with Gasteiger partial charge < -0.3 is 9.64 Å². The van der Waals surface area contributed by atoms with Gasteiger partial charge >= 0.3 is 0 Å². The average molecular weight is 237 g/mol. The highest BCUT2D eigenvalue weighted by Gasteiger charge is 2.12. The smallest absolute Gasteiger partial charge is 0.151 e. The van der Waals surface area contributed by atoms with E-state index in [1.54, 1.807) is 0 Å². The number of hydrogen-bond acceptors (Lipinski definition) is 4. The van der Waals surface area contributed by atoms with Crippen LogP contribution in [0.15, 0.2) is 12.1 Å². The second-order valence-electron chi connectivity index (χ2n) is 4.07. The summed E-state index contributed by atoms with van der Waals surface area (Å²) in [7, 11) is 0. The summed E-state index contributed by atoms with van der Waals surface area (Å²) >= 11 is 0. The Hall–Kier alpha value is -1.16. The van der Waals surface area contributed by atoms with Crippen molar-refractivity contribution < 1.29 is 4.74 Å². The number of morpholine rings is 1. The molecule has 1 aliphatic rings. The molecule has 0 amide bonds. The molecule has 1 aliphatic heterocycles. The Kier molecular flexibility index (Phi) is 5.91. The van der Waals surface area contributed by atoms with Gasteiger partial charge in [-0.05, 0) is 18.1 Å². The first kappa shape index (κ1) is 13.9. The molecule has 0 aromatic carbocycles. The minimum Gasteiger partial charge on any atom is -0.378 e. The Balaban J connectivity index is 0.000000686. The topological polar surface area (TPSA) is 38.2 Å². The van der Waals surface area contributed by atoms with Gasteiger partial charge in [-0.15, -0.1) is 5.10 Å². The molecule has 2 rings (SSSR count). The van der Waals surface area contributed by atoms with E-state index in [0.29, 0.717) is 5.92 Å². The quantitative estimate of drug-likeness (QED) is 0.792. The summed E-state index contributed by atoms with van der Waals surface area (Å²) in [5.74, 6) is 1.40. The molecular formula is C13H23N3O. The Bertz CT molecular complexity index is 305. The van der Waals surface area contributed by atoms with Crippen LogP contribution in [0.4, 0.5) is 5.82 Å². The molecule has 0 N–H and O–H groups in total. The molecule has 1 aromatic heterocycles. The monoisotopic (exact) mass is 237 g/mol. The summed E-state index contributed by atoms with van der Waals surface area (Å²) in [6, 6.07) is 4.11. The van der Waals surface area contributed by atoms with Gasteiger partial charge in [0.1, 0.15) is 0 Å². The van der Waals surface area contributed by atoms with Gasteiger partial charge in [0.2, 0.25) is 0 Å². The van der Waals surface area contributed by atoms with Gasteiger partial charge in [-0.2, -0.15) is 5.10 Å². The molecule has 17 heavy (non-hydrogen) atoms. The van der Waals surface area contributed by atoms with E-state index in [4.69, 9.17) is 4.74 Å². The molecule has 0 atom stereocenters. The molecule has 1 fully saturated rings. The minimum atomic E-state index is 0.441. The van der Waals surface area contributed by atoms with Crippen molar-refractivity contribution in [2.75, 3.05) is 31.2 Å². The summed E-state index contributed by atoms with van der Waals surface area (Å²) in [6.07, 6.45) is 0. The van der Waals surface area contributed by atoms with Crippen LogP contribution in [-0.2, 0) is 4.74 Å². The van der Waals surface area contributed by atoms with Crippen molar-refractivity contribution in [3.8, 4) is 0 Å².